The lowest BCUT2D eigenvalue weighted by molar-refractivity contribution is 0.426. The van der Waals surface area contributed by atoms with Crippen molar-refractivity contribution in [3.8, 4) is 11.6 Å². The lowest BCUT2D eigenvalue weighted by Gasteiger charge is -2.07. The molecule has 1 heterocycles. The first-order valence-electron chi connectivity index (χ1n) is 5.14. The van der Waals surface area contributed by atoms with Crippen molar-refractivity contribution in [2.45, 2.75) is 12.8 Å². The molecule has 0 aliphatic heterocycles. The minimum atomic E-state index is -0.409. The summed E-state index contributed by atoms with van der Waals surface area (Å²) in [6.07, 6.45) is 1.58. The molecule has 0 amide bonds. The Bertz CT molecular complexity index is 531. The van der Waals surface area contributed by atoms with E-state index in [4.69, 9.17) is 16.3 Å². The van der Waals surface area contributed by atoms with Crippen molar-refractivity contribution in [1.29, 1.82) is 0 Å². The molecule has 0 unspecified atom stereocenters. The summed E-state index contributed by atoms with van der Waals surface area (Å²) in [5.74, 6) is 0.473. The van der Waals surface area contributed by atoms with Crippen molar-refractivity contribution in [2.24, 2.45) is 0 Å². The predicted octanol–water partition coefficient (Wildman–Crippen LogP) is 4.06. The second-order valence-corrected chi connectivity index (χ2v) is 3.94. The van der Waals surface area contributed by atoms with Crippen LogP contribution in [0.1, 0.15) is 11.1 Å². The van der Waals surface area contributed by atoms with Gasteiger partial charge in [-0.3, -0.25) is 0 Å². The van der Waals surface area contributed by atoms with Gasteiger partial charge in [0, 0.05) is 18.1 Å². The molecule has 88 valence electrons. The van der Waals surface area contributed by atoms with Gasteiger partial charge in [-0.2, -0.15) is 0 Å². The van der Waals surface area contributed by atoms with Crippen LogP contribution in [0.3, 0.4) is 0 Å². The second-order valence-electron chi connectivity index (χ2n) is 3.67. The quantitative estimate of drug-likeness (QED) is 0.768. The number of aromatic nitrogens is 1. The monoisotopic (exact) mass is 251 g/mol. The van der Waals surface area contributed by atoms with E-state index in [0.29, 0.717) is 11.8 Å². The van der Waals surface area contributed by atoms with Crippen LogP contribution < -0.4 is 4.74 Å². The van der Waals surface area contributed by atoms with E-state index in [1.807, 2.05) is 6.92 Å². The summed E-state index contributed by atoms with van der Waals surface area (Å²) < 4.78 is 18.8. The number of benzene rings is 1. The predicted molar refractivity (Wildman–Crippen MR) is 65.0 cm³/mol. The van der Waals surface area contributed by atoms with E-state index in [9.17, 15) is 4.39 Å². The first kappa shape index (κ1) is 11.9. The summed E-state index contributed by atoms with van der Waals surface area (Å²) in [6.45, 7) is 1.87. The van der Waals surface area contributed by atoms with E-state index in [1.165, 1.54) is 6.07 Å². The Kier molecular flexibility index (Phi) is 3.59. The Balaban J connectivity index is 2.27. The summed E-state index contributed by atoms with van der Waals surface area (Å²) in [7, 11) is 0. The van der Waals surface area contributed by atoms with E-state index in [0.717, 1.165) is 11.1 Å². The molecule has 17 heavy (non-hydrogen) atoms. The molecule has 2 rings (SSSR count). The fraction of sp³-hybridized carbons (Fsp3) is 0.154. The van der Waals surface area contributed by atoms with Crippen LogP contribution in [-0.4, -0.2) is 4.98 Å². The summed E-state index contributed by atoms with van der Waals surface area (Å²) in [4.78, 5) is 4.01. The number of ether oxygens (including phenoxy) is 1. The molecule has 1 aromatic carbocycles. The number of pyridine rings is 1. The highest BCUT2D eigenvalue weighted by molar-refractivity contribution is 6.17. The lowest BCUT2D eigenvalue weighted by atomic mass is 10.2. The Hall–Kier alpha value is -1.61. The smallest absolute Gasteiger partial charge is 0.219 e. The maximum Gasteiger partial charge on any atom is 0.219 e. The van der Waals surface area contributed by atoms with Crippen LogP contribution in [0.2, 0.25) is 0 Å². The Morgan fingerprint density at radius 1 is 1.29 bits per heavy atom. The largest absolute Gasteiger partial charge is 0.436 e. The van der Waals surface area contributed by atoms with Gasteiger partial charge in [0.25, 0.3) is 0 Å². The van der Waals surface area contributed by atoms with Crippen LogP contribution in [-0.2, 0) is 5.88 Å². The maximum absolute atomic E-state index is 13.5. The highest BCUT2D eigenvalue weighted by Crippen LogP contribution is 2.24. The Morgan fingerprint density at radius 3 is 2.88 bits per heavy atom. The summed E-state index contributed by atoms with van der Waals surface area (Å²) in [5.41, 5.74) is 1.81. The van der Waals surface area contributed by atoms with Crippen LogP contribution in [0.4, 0.5) is 4.39 Å². The van der Waals surface area contributed by atoms with Crippen LogP contribution >= 0.6 is 11.6 Å². The molecule has 2 aromatic rings. The molecule has 0 saturated heterocycles. The molecule has 0 saturated carbocycles. The van der Waals surface area contributed by atoms with Gasteiger partial charge in [0.15, 0.2) is 11.6 Å². The molecule has 0 aliphatic rings. The van der Waals surface area contributed by atoms with Gasteiger partial charge in [-0.15, -0.1) is 11.6 Å². The molecule has 1 aromatic heterocycles. The molecule has 0 radical (unpaired) electrons. The number of hydrogen-bond acceptors (Lipinski definition) is 2. The van der Waals surface area contributed by atoms with Crippen LogP contribution in [0.15, 0.2) is 36.5 Å². The second kappa shape index (κ2) is 5.15. The molecule has 0 bridgehead atoms. The maximum atomic E-state index is 13.5. The van der Waals surface area contributed by atoms with Gasteiger partial charge in [0.2, 0.25) is 5.88 Å². The third-order valence-electron chi connectivity index (χ3n) is 2.25. The fourth-order valence-corrected chi connectivity index (χ4v) is 1.56. The lowest BCUT2D eigenvalue weighted by Crippen LogP contribution is -1.92. The average Bonchev–Trinajstić information content (AvgIpc) is 2.34. The highest BCUT2D eigenvalue weighted by Gasteiger charge is 2.06. The van der Waals surface area contributed by atoms with Crippen LogP contribution in [0.5, 0.6) is 11.6 Å². The molecular weight excluding hydrogens is 241 g/mol. The topological polar surface area (TPSA) is 22.1 Å². The highest BCUT2D eigenvalue weighted by atomic mass is 35.5. The van der Waals surface area contributed by atoms with Crippen molar-refractivity contribution >= 4 is 11.6 Å². The molecule has 0 fully saturated rings. The third-order valence-corrected chi connectivity index (χ3v) is 2.56. The first-order valence-corrected chi connectivity index (χ1v) is 5.67. The standard InChI is InChI=1S/C13H11ClFNO/c1-9-2-3-11(15)12(6-9)17-13-7-10(8-14)4-5-16-13/h2-7H,8H2,1H3. The van der Waals surface area contributed by atoms with E-state index >= 15 is 0 Å². The summed E-state index contributed by atoms with van der Waals surface area (Å²) in [6, 6.07) is 8.16. The third kappa shape index (κ3) is 2.94. The SMILES string of the molecule is Cc1ccc(F)c(Oc2cc(CCl)ccn2)c1. The Labute approximate surface area is 104 Å². The van der Waals surface area contributed by atoms with Gasteiger partial charge < -0.3 is 4.74 Å². The minimum absolute atomic E-state index is 0.171. The number of rotatable bonds is 3. The number of hydrogen-bond donors (Lipinski definition) is 0. The molecule has 0 spiro atoms. The van der Waals surface area contributed by atoms with Gasteiger partial charge in [-0.25, -0.2) is 9.37 Å². The molecule has 0 aliphatic carbocycles. The number of nitrogens with zero attached hydrogens (tertiary/aromatic N) is 1. The number of aryl methyl sites for hydroxylation is 1. The molecular formula is C13H11ClFNO. The molecule has 4 heteroatoms. The summed E-state index contributed by atoms with van der Waals surface area (Å²) >= 11 is 5.70. The minimum Gasteiger partial charge on any atom is -0.436 e. The van der Waals surface area contributed by atoms with Gasteiger partial charge in [-0.1, -0.05) is 6.07 Å². The Morgan fingerprint density at radius 2 is 2.12 bits per heavy atom. The van der Waals surface area contributed by atoms with E-state index in [2.05, 4.69) is 4.98 Å². The van der Waals surface area contributed by atoms with Crippen LogP contribution in [0, 0.1) is 12.7 Å². The number of alkyl halides is 1. The molecule has 0 N–H and O–H groups in total. The fourth-order valence-electron chi connectivity index (χ4n) is 1.39. The average molecular weight is 252 g/mol. The first-order chi connectivity index (χ1) is 8.19. The normalized spacial score (nSPS) is 10.3. The molecule has 0 atom stereocenters. The van der Waals surface area contributed by atoms with E-state index < -0.39 is 5.82 Å². The van der Waals surface area contributed by atoms with Crippen molar-refractivity contribution in [3.05, 3.63) is 53.5 Å². The summed E-state index contributed by atoms with van der Waals surface area (Å²) in [5, 5.41) is 0. The van der Waals surface area contributed by atoms with Gasteiger partial charge in [0.1, 0.15) is 0 Å². The van der Waals surface area contributed by atoms with Gasteiger partial charge in [-0.05, 0) is 36.2 Å². The van der Waals surface area contributed by atoms with Crippen LogP contribution in [0.25, 0.3) is 0 Å². The van der Waals surface area contributed by atoms with Crippen molar-refractivity contribution in [3.63, 3.8) is 0 Å². The van der Waals surface area contributed by atoms with Crippen molar-refractivity contribution in [1.82, 2.24) is 4.98 Å². The zero-order valence-corrected chi connectivity index (χ0v) is 10.0. The van der Waals surface area contributed by atoms with E-state index in [-0.39, 0.29) is 5.75 Å². The van der Waals surface area contributed by atoms with Gasteiger partial charge in [0.05, 0.1) is 0 Å². The molecule has 2 nitrogen and oxygen atoms in total. The van der Waals surface area contributed by atoms with E-state index in [1.54, 1.807) is 30.5 Å². The van der Waals surface area contributed by atoms with Gasteiger partial charge >= 0.3 is 0 Å². The zero-order valence-electron chi connectivity index (χ0n) is 9.28. The number of halogens is 2. The zero-order chi connectivity index (χ0) is 12.3. The van der Waals surface area contributed by atoms with Crippen molar-refractivity contribution in [2.75, 3.05) is 0 Å². The van der Waals surface area contributed by atoms with Crippen molar-refractivity contribution < 1.29 is 9.13 Å².